The van der Waals surface area contributed by atoms with Crippen molar-refractivity contribution < 1.29 is 9.59 Å². The highest BCUT2D eigenvalue weighted by Gasteiger charge is 2.36. The molecule has 2 atom stereocenters. The second kappa shape index (κ2) is 4.90. The predicted octanol–water partition coefficient (Wildman–Crippen LogP) is 1.35. The van der Waals surface area contributed by atoms with Crippen molar-refractivity contribution in [2.75, 3.05) is 0 Å². The van der Waals surface area contributed by atoms with Crippen LogP contribution in [0.5, 0.6) is 0 Å². The van der Waals surface area contributed by atoms with E-state index in [0.717, 1.165) is 51.4 Å². The highest BCUT2D eigenvalue weighted by molar-refractivity contribution is 5.82. The first kappa shape index (κ1) is 12.0. The van der Waals surface area contributed by atoms with Gasteiger partial charge in [-0.3, -0.25) is 9.59 Å². The van der Waals surface area contributed by atoms with Crippen molar-refractivity contribution in [1.82, 2.24) is 10.6 Å². The molecule has 18 heavy (non-hydrogen) atoms. The number of nitrogens with one attached hydrogen (secondary N) is 2. The van der Waals surface area contributed by atoms with Gasteiger partial charge in [-0.05, 0) is 38.5 Å². The van der Waals surface area contributed by atoms with E-state index in [9.17, 15) is 9.59 Å². The Kier molecular flexibility index (Phi) is 3.27. The van der Waals surface area contributed by atoms with E-state index in [-0.39, 0.29) is 35.7 Å². The Morgan fingerprint density at radius 2 is 1.06 bits per heavy atom. The van der Waals surface area contributed by atoms with Crippen LogP contribution in [0.3, 0.4) is 0 Å². The van der Waals surface area contributed by atoms with Crippen molar-refractivity contribution in [1.29, 1.82) is 0 Å². The third-order valence-electron chi connectivity index (χ3n) is 4.32. The molecule has 4 nitrogen and oxygen atoms in total. The van der Waals surface area contributed by atoms with Crippen LogP contribution in [0.1, 0.15) is 51.4 Å². The number of hydrogen-bond donors (Lipinski definition) is 2. The molecule has 4 heteroatoms. The van der Waals surface area contributed by atoms with Gasteiger partial charge in [-0.25, -0.2) is 0 Å². The van der Waals surface area contributed by atoms with E-state index < -0.39 is 0 Å². The van der Waals surface area contributed by atoms with Gasteiger partial charge in [0.25, 0.3) is 0 Å². The molecule has 0 aromatic heterocycles. The van der Waals surface area contributed by atoms with Gasteiger partial charge in [-0.2, -0.15) is 0 Å². The second-order valence-electron chi connectivity index (χ2n) is 6.06. The van der Waals surface area contributed by atoms with Crippen LogP contribution in [0.2, 0.25) is 0 Å². The van der Waals surface area contributed by atoms with Crippen LogP contribution in [-0.4, -0.2) is 23.9 Å². The lowest BCUT2D eigenvalue weighted by molar-refractivity contribution is -0.126. The molecule has 0 aromatic carbocycles. The summed E-state index contributed by atoms with van der Waals surface area (Å²) in [4.78, 5) is 23.7. The summed E-state index contributed by atoms with van der Waals surface area (Å²) in [6, 6.07) is 0.323. The van der Waals surface area contributed by atoms with Crippen LogP contribution in [-0.2, 0) is 9.59 Å². The molecule has 2 N–H and O–H groups in total. The van der Waals surface area contributed by atoms with Crippen molar-refractivity contribution in [3.63, 3.8) is 0 Å². The van der Waals surface area contributed by atoms with Crippen LogP contribution in [0, 0.1) is 11.8 Å². The molecule has 0 aliphatic heterocycles. The molecule has 2 amide bonds. The molecule has 3 aliphatic rings. The molecule has 0 spiro atoms. The lowest BCUT2D eigenvalue weighted by Gasteiger charge is -2.33. The number of carbonyl (C=O) groups excluding carboxylic acids is 2. The van der Waals surface area contributed by atoms with Gasteiger partial charge in [0.05, 0.1) is 0 Å². The van der Waals surface area contributed by atoms with Crippen molar-refractivity contribution in [3.8, 4) is 0 Å². The molecule has 100 valence electrons. The Morgan fingerprint density at radius 3 is 1.39 bits per heavy atom. The van der Waals surface area contributed by atoms with Gasteiger partial charge < -0.3 is 10.6 Å². The summed E-state index contributed by atoms with van der Waals surface area (Å²) in [7, 11) is 0. The van der Waals surface area contributed by atoms with E-state index in [2.05, 4.69) is 10.6 Å². The maximum absolute atomic E-state index is 11.8. The SMILES string of the molecule is O=C(N[C@@H]1CCCC[C@H]1NC(=O)C1CC1)C1CC1. The normalized spacial score (nSPS) is 31.8. The topological polar surface area (TPSA) is 58.2 Å². The predicted molar refractivity (Wildman–Crippen MR) is 67.8 cm³/mol. The van der Waals surface area contributed by atoms with E-state index in [1.165, 1.54) is 0 Å². The summed E-state index contributed by atoms with van der Waals surface area (Å²) >= 11 is 0. The Morgan fingerprint density at radius 1 is 0.667 bits per heavy atom. The number of carbonyl (C=O) groups is 2. The molecule has 3 aliphatic carbocycles. The zero-order valence-corrected chi connectivity index (χ0v) is 10.8. The molecule has 3 rings (SSSR count). The quantitative estimate of drug-likeness (QED) is 0.791. The zero-order valence-electron chi connectivity index (χ0n) is 10.8. The van der Waals surface area contributed by atoms with Crippen molar-refractivity contribution in [2.24, 2.45) is 11.8 Å². The molecule has 0 unspecified atom stereocenters. The molecular weight excluding hydrogens is 228 g/mol. The summed E-state index contributed by atoms with van der Waals surface area (Å²) < 4.78 is 0. The van der Waals surface area contributed by atoms with Crippen LogP contribution in [0.15, 0.2) is 0 Å². The fourth-order valence-corrected chi connectivity index (χ4v) is 2.77. The highest BCUT2D eigenvalue weighted by Crippen LogP contribution is 2.31. The van der Waals surface area contributed by atoms with Gasteiger partial charge in [-0.1, -0.05) is 12.8 Å². The van der Waals surface area contributed by atoms with E-state index in [0.29, 0.717) is 0 Å². The lowest BCUT2D eigenvalue weighted by Crippen LogP contribution is -2.53. The third-order valence-corrected chi connectivity index (χ3v) is 4.32. The fourth-order valence-electron chi connectivity index (χ4n) is 2.77. The highest BCUT2D eigenvalue weighted by atomic mass is 16.2. The third kappa shape index (κ3) is 2.85. The van der Waals surface area contributed by atoms with Crippen molar-refractivity contribution >= 4 is 11.8 Å². The smallest absolute Gasteiger partial charge is 0.223 e. The number of amides is 2. The average Bonchev–Trinajstić information content (AvgIpc) is 3.22. The Balaban J connectivity index is 1.54. The minimum Gasteiger partial charge on any atom is -0.351 e. The first-order chi connectivity index (χ1) is 8.74. The second-order valence-corrected chi connectivity index (χ2v) is 6.06. The van der Waals surface area contributed by atoms with Gasteiger partial charge in [0.15, 0.2) is 0 Å². The van der Waals surface area contributed by atoms with Gasteiger partial charge in [0, 0.05) is 23.9 Å². The molecule has 0 aromatic rings. The summed E-state index contributed by atoms with van der Waals surface area (Å²) in [5.74, 6) is 0.915. The Bertz CT molecular complexity index is 314. The van der Waals surface area contributed by atoms with E-state index >= 15 is 0 Å². The minimum absolute atomic E-state index is 0.162. The average molecular weight is 250 g/mol. The molecule has 0 saturated heterocycles. The molecule has 3 fully saturated rings. The molecule has 3 saturated carbocycles. The molecule has 0 bridgehead atoms. The maximum Gasteiger partial charge on any atom is 0.223 e. The van der Waals surface area contributed by atoms with E-state index in [4.69, 9.17) is 0 Å². The molecule has 0 radical (unpaired) electrons. The monoisotopic (exact) mass is 250 g/mol. The van der Waals surface area contributed by atoms with Crippen LogP contribution in [0.4, 0.5) is 0 Å². The lowest BCUT2D eigenvalue weighted by atomic mass is 9.90. The minimum atomic E-state index is 0.162. The largest absolute Gasteiger partial charge is 0.351 e. The first-order valence-electron chi connectivity index (χ1n) is 7.35. The van der Waals surface area contributed by atoms with Gasteiger partial charge in [0.1, 0.15) is 0 Å². The first-order valence-corrected chi connectivity index (χ1v) is 7.35. The fraction of sp³-hybridized carbons (Fsp3) is 0.857. The standard InChI is InChI=1S/C14H22N2O2/c17-13(9-5-6-9)15-11-3-1-2-4-12(11)16-14(18)10-7-8-10/h9-12H,1-8H2,(H,15,17)(H,16,18)/t11-,12-/m1/s1. The van der Waals surface area contributed by atoms with Gasteiger partial charge >= 0.3 is 0 Å². The maximum atomic E-state index is 11.8. The van der Waals surface area contributed by atoms with Crippen LogP contribution in [0.25, 0.3) is 0 Å². The number of rotatable bonds is 4. The van der Waals surface area contributed by atoms with Gasteiger partial charge in [-0.15, -0.1) is 0 Å². The Labute approximate surface area is 108 Å². The molecule has 0 heterocycles. The summed E-state index contributed by atoms with van der Waals surface area (Å²) in [5, 5.41) is 6.28. The number of hydrogen-bond acceptors (Lipinski definition) is 2. The summed E-state index contributed by atoms with van der Waals surface area (Å²) in [5.41, 5.74) is 0. The van der Waals surface area contributed by atoms with Crippen molar-refractivity contribution in [3.05, 3.63) is 0 Å². The van der Waals surface area contributed by atoms with E-state index in [1.54, 1.807) is 0 Å². The van der Waals surface area contributed by atoms with Crippen molar-refractivity contribution in [2.45, 2.75) is 63.5 Å². The van der Waals surface area contributed by atoms with E-state index in [1.807, 2.05) is 0 Å². The summed E-state index contributed by atoms with van der Waals surface area (Å²) in [6.07, 6.45) is 8.49. The molecular formula is C14H22N2O2. The van der Waals surface area contributed by atoms with Gasteiger partial charge in [0.2, 0.25) is 11.8 Å². The summed E-state index contributed by atoms with van der Waals surface area (Å²) in [6.45, 7) is 0. The van der Waals surface area contributed by atoms with Crippen LogP contribution < -0.4 is 10.6 Å². The van der Waals surface area contributed by atoms with Crippen LogP contribution >= 0.6 is 0 Å². The Hall–Kier alpha value is -1.06. The zero-order chi connectivity index (χ0) is 12.5.